The van der Waals surface area contributed by atoms with Crippen LogP contribution in [0.25, 0.3) is 0 Å². The molecule has 17 heavy (non-hydrogen) atoms. The standard InChI is InChI=1S/C14H26N2S/c1-4-7-12(3)14(10-15)16(5-2)11-13-8-6-9-17-13/h6,8-9,12,14H,4-5,7,10-11,15H2,1-3H3. The summed E-state index contributed by atoms with van der Waals surface area (Å²) in [7, 11) is 0. The fraction of sp³-hybridized carbons (Fsp3) is 0.714. The van der Waals surface area contributed by atoms with Gasteiger partial charge in [-0.05, 0) is 30.3 Å². The van der Waals surface area contributed by atoms with Crippen molar-refractivity contribution in [3.8, 4) is 0 Å². The van der Waals surface area contributed by atoms with Crippen LogP contribution in [-0.4, -0.2) is 24.0 Å². The molecule has 0 radical (unpaired) electrons. The second-order valence-electron chi connectivity index (χ2n) is 4.71. The van der Waals surface area contributed by atoms with Crippen LogP contribution in [0.15, 0.2) is 17.5 Å². The predicted molar refractivity (Wildman–Crippen MR) is 77.3 cm³/mol. The van der Waals surface area contributed by atoms with Gasteiger partial charge in [-0.1, -0.05) is 33.3 Å². The molecule has 0 bridgehead atoms. The van der Waals surface area contributed by atoms with E-state index in [4.69, 9.17) is 5.73 Å². The van der Waals surface area contributed by atoms with Gasteiger partial charge in [-0.2, -0.15) is 0 Å². The molecule has 2 unspecified atom stereocenters. The van der Waals surface area contributed by atoms with Crippen molar-refractivity contribution in [1.82, 2.24) is 4.90 Å². The average molecular weight is 254 g/mol. The molecule has 0 aromatic carbocycles. The lowest BCUT2D eigenvalue weighted by molar-refractivity contribution is 0.148. The zero-order valence-corrected chi connectivity index (χ0v) is 12.2. The minimum Gasteiger partial charge on any atom is -0.329 e. The molecule has 0 spiro atoms. The van der Waals surface area contributed by atoms with E-state index in [0.717, 1.165) is 19.6 Å². The Hall–Kier alpha value is -0.380. The molecule has 1 heterocycles. The van der Waals surface area contributed by atoms with Crippen molar-refractivity contribution in [2.75, 3.05) is 13.1 Å². The zero-order valence-electron chi connectivity index (χ0n) is 11.4. The average Bonchev–Trinajstić information content (AvgIpc) is 2.81. The van der Waals surface area contributed by atoms with Crippen LogP contribution >= 0.6 is 11.3 Å². The lowest BCUT2D eigenvalue weighted by atomic mass is 9.95. The Morgan fingerprint density at radius 1 is 1.41 bits per heavy atom. The monoisotopic (exact) mass is 254 g/mol. The van der Waals surface area contributed by atoms with Crippen molar-refractivity contribution < 1.29 is 0 Å². The number of hydrogen-bond donors (Lipinski definition) is 1. The molecule has 2 nitrogen and oxygen atoms in total. The van der Waals surface area contributed by atoms with E-state index in [0.29, 0.717) is 12.0 Å². The van der Waals surface area contributed by atoms with Crippen LogP contribution in [0, 0.1) is 5.92 Å². The lowest BCUT2D eigenvalue weighted by Crippen LogP contribution is -2.44. The highest BCUT2D eigenvalue weighted by Crippen LogP contribution is 2.20. The molecule has 0 saturated carbocycles. The van der Waals surface area contributed by atoms with Crippen molar-refractivity contribution in [2.24, 2.45) is 11.7 Å². The van der Waals surface area contributed by atoms with E-state index < -0.39 is 0 Å². The van der Waals surface area contributed by atoms with E-state index in [1.165, 1.54) is 17.7 Å². The molecule has 0 aliphatic rings. The van der Waals surface area contributed by atoms with E-state index in [9.17, 15) is 0 Å². The number of thiophene rings is 1. The maximum atomic E-state index is 5.97. The van der Waals surface area contributed by atoms with Crippen LogP contribution in [-0.2, 0) is 6.54 Å². The Kier molecular flexibility index (Phi) is 6.78. The first kappa shape index (κ1) is 14.7. The number of rotatable bonds is 8. The minimum atomic E-state index is 0.516. The second kappa shape index (κ2) is 7.85. The fourth-order valence-electron chi connectivity index (χ4n) is 2.46. The van der Waals surface area contributed by atoms with Gasteiger partial charge in [-0.25, -0.2) is 0 Å². The maximum Gasteiger partial charge on any atom is 0.0331 e. The quantitative estimate of drug-likeness (QED) is 0.771. The second-order valence-corrected chi connectivity index (χ2v) is 5.74. The summed E-state index contributed by atoms with van der Waals surface area (Å²) in [6.45, 7) is 9.70. The highest BCUT2D eigenvalue weighted by atomic mass is 32.1. The first-order chi connectivity index (χ1) is 8.22. The number of hydrogen-bond acceptors (Lipinski definition) is 3. The third kappa shape index (κ3) is 4.41. The van der Waals surface area contributed by atoms with Crippen LogP contribution in [0.4, 0.5) is 0 Å². The van der Waals surface area contributed by atoms with Gasteiger partial charge in [0.15, 0.2) is 0 Å². The first-order valence-electron chi connectivity index (χ1n) is 6.69. The molecule has 98 valence electrons. The number of nitrogens with two attached hydrogens (primary N) is 1. The number of likely N-dealkylation sites (N-methyl/N-ethyl adjacent to an activating group) is 1. The number of nitrogens with zero attached hydrogens (tertiary/aromatic N) is 1. The summed E-state index contributed by atoms with van der Waals surface area (Å²) in [5.41, 5.74) is 5.97. The largest absolute Gasteiger partial charge is 0.329 e. The van der Waals surface area contributed by atoms with Crippen LogP contribution in [0.1, 0.15) is 38.5 Å². The topological polar surface area (TPSA) is 29.3 Å². The van der Waals surface area contributed by atoms with E-state index in [2.05, 4.69) is 43.2 Å². The summed E-state index contributed by atoms with van der Waals surface area (Å²) >= 11 is 1.84. The molecule has 0 aliphatic heterocycles. The SMILES string of the molecule is CCCC(C)C(CN)N(CC)Cc1cccs1. The van der Waals surface area contributed by atoms with Gasteiger partial charge < -0.3 is 5.73 Å². The molecule has 1 aromatic heterocycles. The van der Waals surface area contributed by atoms with Crippen molar-refractivity contribution >= 4 is 11.3 Å². The summed E-state index contributed by atoms with van der Waals surface area (Å²) in [5.74, 6) is 0.685. The van der Waals surface area contributed by atoms with E-state index in [1.54, 1.807) is 0 Å². The molecule has 2 atom stereocenters. The fourth-order valence-corrected chi connectivity index (χ4v) is 3.18. The summed E-state index contributed by atoms with van der Waals surface area (Å²) < 4.78 is 0. The van der Waals surface area contributed by atoms with Gasteiger partial charge in [0.25, 0.3) is 0 Å². The Morgan fingerprint density at radius 2 is 2.18 bits per heavy atom. The highest BCUT2D eigenvalue weighted by Gasteiger charge is 2.21. The van der Waals surface area contributed by atoms with Crippen molar-refractivity contribution in [2.45, 2.75) is 46.2 Å². The Labute approximate surface area is 110 Å². The Bertz CT molecular complexity index is 284. The van der Waals surface area contributed by atoms with Crippen LogP contribution in [0.3, 0.4) is 0 Å². The summed E-state index contributed by atoms with van der Waals surface area (Å²) in [6, 6.07) is 4.86. The molecule has 0 fully saturated rings. The van der Waals surface area contributed by atoms with Crippen molar-refractivity contribution in [1.29, 1.82) is 0 Å². The maximum absolute atomic E-state index is 5.97. The normalized spacial score (nSPS) is 15.1. The van der Waals surface area contributed by atoms with Crippen molar-refractivity contribution in [3.05, 3.63) is 22.4 Å². The molecule has 0 aliphatic carbocycles. The molecule has 3 heteroatoms. The van der Waals surface area contributed by atoms with Crippen LogP contribution in [0.2, 0.25) is 0 Å². The Balaban J connectivity index is 2.62. The van der Waals surface area contributed by atoms with Gasteiger partial charge in [0, 0.05) is 24.0 Å². The Morgan fingerprint density at radius 3 is 2.65 bits per heavy atom. The summed E-state index contributed by atoms with van der Waals surface area (Å²) in [6.07, 6.45) is 2.51. The molecular weight excluding hydrogens is 228 g/mol. The summed E-state index contributed by atoms with van der Waals surface area (Å²) in [4.78, 5) is 3.96. The van der Waals surface area contributed by atoms with Gasteiger partial charge in [0.05, 0.1) is 0 Å². The van der Waals surface area contributed by atoms with Gasteiger partial charge in [0.2, 0.25) is 0 Å². The lowest BCUT2D eigenvalue weighted by Gasteiger charge is -2.34. The zero-order chi connectivity index (χ0) is 12.7. The summed E-state index contributed by atoms with van der Waals surface area (Å²) in [5, 5.41) is 2.15. The van der Waals surface area contributed by atoms with Crippen LogP contribution in [0.5, 0.6) is 0 Å². The molecule has 2 N–H and O–H groups in total. The molecule has 0 saturated heterocycles. The van der Waals surface area contributed by atoms with Gasteiger partial charge >= 0.3 is 0 Å². The van der Waals surface area contributed by atoms with Gasteiger partial charge in [0.1, 0.15) is 0 Å². The molecular formula is C14H26N2S. The smallest absolute Gasteiger partial charge is 0.0331 e. The van der Waals surface area contributed by atoms with E-state index in [1.807, 2.05) is 11.3 Å². The van der Waals surface area contributed by atoms with Crippen LogP contribution < -0.4 is 5.73 Å². The first-order valence-corrected chi connectivity index (χ1v) is 7.57. The minimum absolute atomic E-state index is 0.516. The van der Waals surface area contributed by atoms with E-state index in [-0.39, 0.29) is 0 Å². The third-order valence-electron chi connectivity index (χ3n) is 3.46. The van der Waals surface area contributed by atoms with E-state index >= 15 is 0 Å². The third-order valence-corrected chi connectivity index (χ3v) is 4.32. The molecule has 0 amide bonds. The highest BCUT2D eigenvalue weighted by molar-refractivity contribution is 7.09. The predicted octanol–water partition coefficient (Wildman–Crippen LogP) is 3.33. The molecule has 1 aromatic rings. The molecule has 1 rings (SSSR count). The van der Waals surface area contributed by atoms with Crippen molar-refractivity contribution in [3.63, 3.8) is 0 Å². The van der Waals surface area contributed by atoms with Gasteiger partial charge in [-0.15, -0.1) is 11.3 Å². The van der Waals surface area contributed by atoms with Gasteiger partial charge in [-0.3, -0.25) is 4.90 Å².